The van der Waals surface area contributed by atoms with Crippen molar-refractivity contribution in [2.24, 2.45) is 0 Å². The Morgan fingerprint density at radius 2 is 1.47 bits per heavy atom. The van der Waals surface area contributed by atoms with Crippen molar-refractivity contribution in [3.63, 3.8) is 0 Å². The van der Waals surface area contributed by atoms with E-state index in [0.29, 0.717) is 0 Å². The number of aliphatic carboxylic acids is 2. The van der Waals surface area contributed by atoms with E-state index in [0.717, 1.165) is 12.1 Å². The van der Waals surface area contributed by atoms with Gasteiger partial charge in [-0.1, -0.05) is 30.3 Å². The van der Waals surface area contributed by atoms with E-state index in [-0.39, 0.29) is 5.48 Å². The number of rotatable bonds is 3. The maximum atomic E-state index is 13.6. The Morgan fingerprint density at radius 1 is 1.07 bits per heavy atom. The van der Waals surface area contributed by atoms with Crippen molar-refractivity contribution in [2.45, 2.75) is 5.67 Å². The van der Waals surface area contributed by atoms with E-state index < -0.39 is 23.2 Å². The number of carboxylic acid groups (broad SMARTS) is 2. The summed E-state index contributed by atoms with van der Waals surface area (Å²) in [5.74, 6) is -4.06. The lowest BCUT2D eigenvalue weighted by Crippen LogP contribution is -2.39. The molecule has 0 aliphatic carbocycles. The predicted octanol–water partition coefficient (Wildman–Crippen LogP) is 0.196. The molecular weight excluding hydrogens is 207 g/mol. The molecule has 0 amide bonds. The largest absolute Gasteiger partial charge is 0.478 e. The molecule has 5 nitrogen and oxygen atoms in total. The highest BCUT2D eigenvalue weighted by molar-refractivity contribution is 6.02. The van der Waals surface area contributed by atoms with E-state index in [1.807, 2.05) is 0 Å². The first-order valence-electron chi connectivity index (χ1n) is 3.71. The van der Waals surface area contributed by atoms with Crippen LogP contribution in [0.1, 0.15) is 5.56 Å². The molecule has 0 heterocycles. The van der Waals surface area contributed by atoms with Gasteiger partial charge in [-0.3, -0.25) is 0 Å². The zero-order valence-corrected chi connectivity index (χ0v) is 7.48. The van der Waals surface area contributed by atoms with Gasteiger partial charge in [-0.15, -0.1) is 0 Å². The van der Waals surface area contributed by atoms with E-state index in [2.05, 4.69) is 0 Å². The first kappa shape index (κ1) is 13.1. The number of alkyl halides is 1. The molecule has 1 aromatic carbocycles. The van der Waals surface area contributed by atoms with Crippen LogP contribution in [0.4, 0.5) is 4.39 Å². The van der Waals surface area contributed by atoms with Crippen LogP contribution in [-0.4, -0.2) is 27.6 Å². The summed E-state index contributed by atoms with van der Waals surface area (Å²) in [6.45, 7) is 0. The quantitative estimate of drug-likeness (QED) is 0.703. The summed E-state index contributed by atoms with van der Waals surface area (Å²) in [4.78, 5) is 21.0. The van der Waals surface area contributed by atoms with Crippen molar-refractivity contribution in [1.82, 2.24) is 0 Å². The highest BCUT2D eigenvalue weighted by atomic mass is 19.1. The molecule has 15 heavy (non-hydrogen) atoms. The molecule has 1 aromatic rings. The van der Waals surface area contributed by atoms with Crippen molar-refractivity contribution < 1.29 is 29.7 Å². The standard InChI is InChI=1S/C9H7FO4.H2O/c10-9(7(11)12,8(13)14)6-4-2-1-3-5-6;/h1-5H,(H,11,12)(H,13,14);1H2. The van der Waals surface area contributed by atoms with Crippen LogP contribution >= 0.6 is 0 Å². The van der Waals surface area contributed by atoms with E-state index in [1.165, 1.54) is 18.2 Å². The molecule has 0 spiro atoms. The van der Waals surface area contributed by atoms with Gasteiger partial charge in [0.25, 0.3) is 0 Å². The fourth-order valence-electron chi connectivity index (χ4n) is 1.01. The number of benzene rings is 1. The van der Waals surface area contributed by atoms with Gasteiger partial charge in [-0.25, -0.2) is 14.0 Å². The van der Waals surface area contributed by atoms with Crippen molar-refractivity contribution >= 4 is 11.9 Å². The Labute approximate surface area is 84.1 Å². The summed E-state index contributed by atoms with van der Waals surface area (Å²) in [7, 11) is 0. The normalized spacial score (nSPS) is 10.2. The Balaban J connectivity index is 0.00000196. The van der Waals surface area contributed by atoms with Gasteiger partial charge in [0, 0.05) is 5.56 Å². The first-order chi connectivity index (χ1) is 6.49. The lowest BCUT2D eigenvalue weighted by molar-refractivity contribution is -0.167. The minimum atomic E-state index is -3.37. The summed E-state index contributed by atoms with van der Waals surface area (Å²) < 4.78 is 13.6. The van der Waals surface area contributed by atoms with Gasteiger partial charge in [0.2, 0.25) is 0 Å². The zero-order chi connectivity index (χ0) is 10.8. The number of hydrogen-bond acceptors (Lipinski definition) is 2. The smallest absolute Gasteiger partial charge is 0.358 e. The minimum absolute atomic E-state index is 0. The molecule has 6 heteroatoms. The summed E-state index contributed by atoms with van der Waals surface area (Å²) in [5, 5.41) is 17.0. The molecule has 4 N–H and O–H groups in total. The molecule has 1 rings (SSSR count). The Kier molecular flexibility index (Phi) is 3.93. The number of carbonyl (C=O) groups is 2. The van der Waals surface area contributed by atoms with E-state index in [1.54, 1.807) is 0 Å². The molecule has 0 atom stereocenters. The molecule has 82 valence electrons. The van der Waals surface area contributed by atoms with Crippen LogP contribution in [0.5, 0.6) is 0 Å². The molecule has 0 aliphatic heterocycles. The van der Waals surface area contributed by atoms with Gasteiger partial charge >= 0.3 is 17.6 Å². The van der Waals surface area contributed by atoms with Crippen LogP contribution in [0.2, 0.25) is 0 Å². The van der Waals surface area contributed by atoms with Gasteiger partial charge in [0.1, 0.15) is 0 Å². The SMILES string of the molecule is O.O=C(O)C(F)(C(=O)O)c1ccccc1. The second kappa shape index (κ2) is 4.52. The molecule has 0 saturated heterocycles. The van der Waals surface area contributed by atoms with Gasteiger partial charge in [0.05, 0.1) is 0 Å². The maximum absolute atomic E-state index is 13.6. The van der Waals surface area contributed by atoms with E-state index >= 15 is 0 Å². The third-order valence-corrected chi connectivity index (χ3v) is 1.76. The summed E-state index contributed by atoms with van der Waals surface area (Å²) >= 11 is 0. The zero-order valence-electron chi connectivity index (χ0n) is 7.48. The lowest BCUT2D eigenvalue weighted by atomic mass is 9.96. The van der Waals surface area contributed by atoms with Gasteiger partial charge in [-0.2, -0.15) is 0 Å². The third kappa shape index (κ3) is 2.10. The number of halogens is 1. The Morgan fingerprint density at radius 3 is 1.80 bits per heavy atom. The van der Waals surface area contributed by atoms with Gasteiger partial charge in [0.15, 0.2) is 0 Å². The lowest BCUT2D eigenvalue weighted by Gasteiger charge is -2.15. The average molecular weight is 216 g/mol. The van der Waals surface area contributed by atoms with Crippen molar-refractivity contribution in [1.29, 1.82) is 0 Å². The second-order valence-electron chi connectivity index (χ2n) is 2.63. The highest BCUT2D eigenvalue weighted by Crippen LogP contribution is 2.26. The van der Waals surface area contributed by atoms with E-state index in [9.17, 15) is 14.0 Å². The van der Waals surface area contributed by atoms with Crippen LogP contribution in [0.15, 0.2) is 30.3 Å². The molecule has 0 bridgehead atoms. The summed E-state index contributed by atoms with van der Waals surface area (Å²) in [6.07, 6.45) is 0. The van der Waals surface area contributed by atoms with Crippen LogP contribution < -0.4 is 0 Å². The Hall–Kier alpha value is -1.95. The van der Waals surface area contributed by atoms with Crippen LogP contribution in [0.3, 0.4) is 0 Å². The molecular formula is C9H9FO5. The van der Waals surface area contributed by atoms with Crippen LogP contribution in [0.25, 0.3) is 0 Å². The summed E-state index contributed by atoms with van der Waals surface area (Å²) in [5.41, 5.74) is -3.78. The monoisotopic (exact) mass is 216 g/mol. The van der Waals surface area contributed by atoms with Crippen LogP contribution in [0, 0.1) is 0 Å². The fourth-order valence-corrected chi connectivity index (χ4v) is 1.01. The van der Waals surface area contributed by atoms with Crippen molar-refractivity contribution in [2.75, 3.05) is 0 Å². The number of hydrogen-bond donors (Lipinski definition) is 2. The average Bonchev–Trinajstić information content (AvgIpc) is 2.17. The van der Waals surface area contributed by atoms with Crippen molar-refractivity contribution in [3.8, 4) is 0 Å². The first-order valence-corrected chi connectivity index (χ1v) is 3.71. The fraction of sp³-hybridized carbons (Fsp3) is 0.111. The summed E-state index contributed by atoms with van der Waals surface area (Å²) in [6, 6.07) is 6.50. The molecule has 0 fully saturated rings. The maximum Gasteiger partial charge on any atom is 0.358 e. The third-order valence-electron chi connectivity index (χ3n) is 1.76. The predicted molar refractivity (Wildman–Crippen MR) is 48.1 cm³/mol. The van der Waals surface area contributed by atoms with Gasteiger partial charge in [-0.05, 0) is 0 Å². The molecule has 0 unspecified atom stereocenters. The van der Waals surface area contributed by atoms with Gasteiger partial charge < -0.3 is 15.7 Å². The Bertz CT molecular complexity index is 348. The second-order valence-corrected chi connectivity index (χ2v) is 2.63. The minimum Gasteiger partial charge on any atom is -0.478 e. The number of carboxylic acids is 2. The highest BCUT2D eigenvalue weighted by Gasteiger charge is 2.49. The van der Waals surface area contributed by atoms with Crippen molar-refractivity contribution in [3.05, 3.63) is 35.9 Å². The van der Waals surface area contributed by atoms with E-state index in [4.69, 9.17) is 10.2 Å². The molecule has 0 saturated carbocycles. The molecule has 0 aromatic heterocycles. The molecule has 0 aliphatic rings. The van der Waals surface area contributed by atoms with Crippen LogP contribution in [-0.2, 0) is 15.3 Å². The topological polar surface area (TPSA) is 106 Å². The molecule has 0 radical (unpaired) electrons.